The topological polar surface area (TPSA) is 50.1 Å². The molecule has 0 amide bonds. The standard InChI is InChI=1S/C13H11ClFNO2/c14-10-2-1-3-11(15)12(10)9(6-16)13(17)8-4-5-18-7-8/h1-3,8-9H,4-5,7H2. The van der Waals surface area contributed by atoms with Gasteiger partial charge in [-0.2, -0.15) is 5.26 Å². The van der Waals surface area contributed by atoms with E-state index in [4.69, 9.17) is 21.6 Å². The number of carbonyl (C=O) groups is 1. The van der Waals surface area contributed by atoms with Gasteiger partial charge in [0.15, 0.2) is 5.78 Å². The lowest BCUT2D eigenvalue weighted by Gasteiger charge is -2.14. The second-order valence-electron chi connectivity index (χ2n) is 4.16. The molecule has 2 atom stereocenters. The lowest BCUT2D eigenvalue weighted by molar-refractivity contribution is -0.123. The molecule has 0 N–H and O–H groups in total. The second kappa shape index (κ2) is 5.47. The number of ketones is 1. The average Bonchev–Trinajstić information content (AvgIpc) is 2.87. The molecule has 1 fully saturated rings. The largest absolute Gasteiger partial charge is 0.381 e. The molecule has 18 heavy (non-hydrogen) atoms. The summed E-state index contributed by atoms with van der Waals surface area (Å²) in [5.41, 5.74) is -0.0291. The van der Waals surface area contributed by atoms with Crippen LogP contribution in [0.2, 0.25) is 5.02 Å². The van der Waals surface area contributed by atoms with Crippen molar-refractivity contribution in [1.82, 2.24) is 0 Å². The van der Waals surface area contributed by atoms with Gasteiger partial charge >= 0.3 is 0 Å². The normalized spacial score (nSPS) is 20.4. The quantitative estimate of drug-likeness (QED) is 0.846. The lowest BCUT2D eigenvalue weighted by atomic mass is 9.87. The van der Waals surface area contributed by atoms with Crippen LogP contribution in [0, 0.1) is 23.1 Å². The molecule has 3 nitrogen and oxygen atoms in total. The van der Waals surface area contributed by atoms with E-state index in [1.54, 1.807) is 0 Å². The number of nitrogens with zero attached hydrogens (tertiary/aromatic N) is 1. The Bertz CT molecular complexity index is 486. The van der Waals surface area contributed by atoms with E-state index in [1.807, 2.05) is 6.07 Å². The van der Waals surface area contributed by atoms with Crippen LogP contribution in [0.3, 0.4) is 0 Å². The maximum absolute atomic E-state index is 13.7. The molecule has 5 heteroatoms. The Kier molecular flexibility index (Phi) is 3.95. The molecule has 2 rings (SSSR count). The zero-order valence-electron chi connectivity index (χ0n) is 9.53. The van der Waals surface area contributed by atoms with Crippen LogP contribution in [0.15, 0.2) is 18.2 Å². The second-order valence-corrected chi connectivity index (χ2v) is 4.57. The first-order valence-corrected chi connectivity index (χ1v) is 5.98. The van der Waals surface area contributed by atoms with Crippen molar-refractivity contribution in [3.8, 4) is 6.07 Å². The maximum atomic E-state index is 13.7. The van der Waals surface area contributed by atoms with Gasteiger partial charge in [0, 0.05) is 23.1 Å². The summed E-state index contributed by atoms with van der Waals surface area (Å²) in [7, 11) is 0. The monoisotopic (exact) mass is 267 g/mol. The fourth-order valence-corrected chi connectivity index (χ4v) is 2.32. The molecule has 1 aliphatic rings. The highest BCUT2D eigenvalue weighted by Gasteiger charge is 2.33. The first-order valence-electron chi connectivity index (χ1n) is 5.60. The third kappa shape index (κ3) is 2.38. The molecule has 2 unspecified atom stereocenters. The van der Waals surface area contributed by atoms with Gasteiger partial charge in [0.05, 0.1) is 12.7 Å². The molecule has 94 valence electrons. The van der Waals surface area contributed by atoms with Crippen molar-refractivity contribution in [2.45, 2.75) is 12.3 Å². The third-order valence-electron chi connectivity index (χ3n) is 3.03. The summed E-state index contributed by atoms with van der Waals surface area (Å²) in [6, 6.07) is 5.96. The molecule has 1 saturated heterocycles. The van der Waals surface area contributed by atoms with Crippen LogP contribution >= 0.6 is 11.6 Å². The Balaban J connectivity index is 2.34. The van der Waals surface area contributed by atoms with E-state index in [2.05, 4.69) is 0 Å². The van der Waals surface area contributed by atoms with Crippen LogP contribution in [0.25, 0.3) is 0 Å². The number of Topliss-reactive ketones (excluding diaryl/α,β-unsaturated/α-hetero) is 1. The number of benzene rings is 1. The zero-order chi connectivity index (χ0) is 13.1. The van der Waals surface area contributed by atoms with Crippen molar-refractivity contribution in [3.63, 3.8) is 0 Å². The minimum absolute atomic E-state index is 0.0291. The number of hydrogen-bond donors (Lipinski definition) is 0. The van der Waals surface area contributed by atoms with Gasteiger partial charge in [0.1, 0.15) is 11.7 Å². The molecular formula is C13H11ClFNO2. The molecule has 0 bridgehead atoms. The zero-order valence-corrected chi connectivity index (χ0v) is 10.3. The first kappa shape index (κ1) is 13.0. The molecule has 1 heterocycles. The van der Waals surface area contributed by atoms with Gasteiger partial charge in [-0.3, -0.25) is 4.79 Å². The highest BCUT2D eigenvalue weighted by Crippen LogP contribution is 2.31. The van der Waals surface area contributed by atoms with E-state index in [-0.39, 0.29) is 22.3 Å². The van der Waals surface area contributed by atoms with E-state index in [9.17, 15) is 9.18 Å². The molecule has 1 aromatic carbocycles. The van der Waals surface area contributed by atoms with E-state index < -0.39 is 11.7 Å². The Morgan fingerprint density at radius 2 is 2.39 bits per heavy atom. The number of halogens is 2. The predicted octanol–water partition coefficient (Wildman–Crippen LogP) is 2.69. The number of ether oxygens (including phenoxy) is 1. The Labute approximate surface area is 109 Å². The van der Waals surface area contributed by atoms with Crippen molar-refractivity contribution in [2.24, 2.45) is 5.92 Å². The van der Waals surface area contributed by atoms with Gasteiger partial charge < -0.3 is 4.74 Å². The number of carbonyl (C=O) groups excluding carboxylic acids is 1. The molecule has 0 aliphatic carbocycles. The van der Waals surface area contributed by atoms with Crippen molar-refractivity contribution < 1.29 is 13.9 Å². The summed E-state index contributed by atoms with van der Waals surface area (Å²) < 4.78 is 18.8. The minimum Gasteiger partial charge on any atom is -0.381 e. The Morgan fingerprint density at radius 3 is 2.94 bits per heavy atom. The summed E-state index contributed by atoms with van der Waals surface area (Å²) in [6.07, 6.45) is 0.573. The Hall–Kier alpha value is -1.44. The maximum Gasteiger partial charge on any atom is 0.160 e. The number of hydrogen-bond acceptors (Lipinski definition) is 3. The smallest absolute Gasteiger partial charge is 0.160 e. The molecule has 0 spiro atoms. The molecular weight excluding hydrogens is 257 g/mol. The van der Waals surface area contributed by atoms with Crippen LogP contribution in [0.1, 0.15) is 17.9 Å². The highest BCUT2D eigenvalue weighted by molar-refractivity contribution is 6.31. The first-order chi connectivity index (χ1) is 8.65. The highest BCUT2D eigenvalue weighted by atomic mass is 35.5. The van der Waals surface area contributed by atoms with Gasteiger partial charge in [-0.1, -0.05) is 17.7 Å². The van der Waals surface area contributed by atoms with Gasteiger partial charge in [0.2, 0.25) is 0 Å². The summed E-state index contributed by atoms with van der Waals surface area (Å²) in [5.74, 6) is -2.45. The van der Waals surface area contributed by atoms with Gasteiger partial charge in [0.25, 0.3) is 0 Å². The van der Waals surface area contributed by atoms with Crippen LogP contribution < -0.4 is 0 Å². The fraction of sp³-hybridized carbons (Fsp3) is 0.385. The summed E-state index contributed by atoms with van der Waals surface area (Å²) in [4.78, 5) is 12.2. The summed E-state index contributed by atoms with van der Waals surface area (Å²) >= 11 is 5.88. The van der Waals surface area contributed by atoms with Crippen LogP contribution in [0.4, 0.5) is 4.39 Å². The fourth-order valence-electron chi connectivity index (χ4n) is 2.05. The molecule has 1 aliphatic heterocycles. The SMILES string of the molecule is N#CC(C(=O)C1CCOC1)c1c(F)cccc1Cl. The van der Waals surface area contributed by atoms with Crippen molar-refractivity contribution in [3.05, 3.63) is 34.6 Å². The molecule has 0 saturated carbocycles. The van der Waals surface area contributed by atoms with E-state index >= 15 is 0 Å². The Morgan fingerprint density at radius 1 is 1.61 bits per heavy atom. The van der Waals surface area contributed by atoms with Gasteiger partial charge in [-0.25, -0.2) is 4.39 Å². The lowest BCUT2D eigenvalue weighted by Crippen LogP contribution is -2.22. The van der Waals surface area contributed by atoms with E-state index in [0.29, 0.717) is 19.6 Å². The number of rotatable bonds is 3. The molecule has 1 aromatic rings. The molecule has 0 radical (unpaired) electrons. The third-order valence-corrected chi connectivity index (χ3v) is 3.36. The van der Waals surface area contributed by atoms with Crippen LogP contribution in [0.5, 0.6) is 0 Å². The van der Waals surface area contributed by atoms with Crippen molar-refractivity contribution >= 4 is 17.4 Å². The average molecular weight is 268 g/mol. The van der Waals surface area contributed by atoms with Gasteiger partial charge in [-0.05, 0) is 18.6 Å². The van der Waals surface area contributed by atoms with Crippen LogP contribution in [-0.4, -0.2) is 19.0 Å². The van der Waals surface area contributed by atoms with E-state index in [1.165, 1.54) is 18.2 Å². The van der Waals surface area contributed by atoms with Crippen molar-refractivity contribution in [2.75, 3.05) is 13.2 Å². The number of nitriles is 1. The molecule has 0 aromatic heterocycles. The van der Waals surface area contributed by atoms with Crippen molar-refractivity contribution in [1.29, 1.82) is 5.26 Å². The summed E-state index contributed by atoms with van der Waals surface area (Å²) in [5, 5.41) is 9.23. The summed E-state index contributed by atoms with van der Waals surface area (Å²) in [6.45, 7) is 0.794. The van der Waals surface area contributed by atoms with Gasteiger partial charge in [-0.15, -0.1) is 0 Å². The predicted molar refractivity (Wildman–Crippen MR) is 63.7 cm³/mol. The van der Waals surface area contributed by atoms with Crippen LogP contribution in [-0.2, 0) is 9.53 Å². The minimum atomic E-state index is -1.16. The van der Waals surface area contributed by atoms with E-state index in [0.717, 1.165) is 0 Å².